The second-order valence-electron chi connectivity index (χ2n) is 7.48. The minimum absolute atomic E-state index is 0.343. The standard InChI is InChI=1S/C19H29ClN2O3/c1-19(2,3)25-18(23)22-11-13-7-5-9-16(13)21-12-14-15(20)8-6-10-17(14)24-4/h6,8,10,13,16,21H,5,7,9,11-12H2,1-4H3,(H,22,23). The van der Waals surface area contributed by atoms with Crippen molar-refractivity contribution in [3.05, 3.63) is 28.8 Å². The lowest BCUT2D eigenvalue weighted by Gasteiger charge is -2.24. The molecule has 1 fully saturated rings. The minimum atomic E-state index is -0.474. The Hall–Kier alpha value is -1.46. The molecule has 0 aliphatic heterocycles. The van der Waals surface area contributed by atoms with Gasteiger partial charge in [-0.3, -0.25) is 0 Å². The number of amides is 1. The van der Waals surface area contributed by atoms with Crippen LogP contribution in [0.15, 0.2) is 18.2 Å². The van der Waals surface area contributed by atoms with Gasteiger partial charge in [-0.25, -0.2) is 4.79 Å². The number of ether oxygens (including phenoxy) is 2. The second kappa shape index (κ2) is 8.77. The number of methoxy groups -OCH3 is 1. The predicted octanol–water partition coefficient (Wildman–Crippen LogP) is 4.13. The van der Waals surface area contributed by atoms with Crippen LogP contribution in [-0.2, 0) is 11.3 Å². The molecular weight excluding hydrogens is 340 g/mol. The molecule has 1 amide bonds. The summed E-state index contributed by atoms with van der Waals surface area (Å²) in [7, 11) is 1.65. The number of benzene rings is 1. The Morgan fingerprint density at radius 3 is 2.76 bits per heavy atom. The van der Waals surface area contributed by atoms with Gasteiger partial charge < -0.3 is 20.1 Å². The van der Waals surface area contributed by atoms with Crippen LogP contribution in [0.2, 0.25) is 5.02 Å². The number of carbonyl (C=O) groups excluding carboxylic acids is 1. The molecule has 0 radical (unpaired) electrons. The quantitative estimate of drug-likeness (QED) is 0.792. The van der Waals surface area contributed by atoms with E-state index in [1.54, 1.807) is 7.11 Å². The van der Waals surface area contributed by atoms with Crippen molar-refractivity contribution in [1.29, 1.82) is 0 Å². The zero-order valence-electron chi connectivity index (χ0n) is 15.5. The largest absolute Gasteiger partial charge is 0.496 e. The highest BCUT2D eigenvalue weighted by molar-refractivity contribution is 6.31. The molecule has 2 atom stereocenters. The normalized spacial score (nSPS) is 20.4. The third-order valence-electron chi connectivity index (χ3n) is 4.40. The molecule has 25 heavy (non-hydrogen) atoms. The molecule has 2 N–H and O–H groups in total. The van der Waals surface area contributed by atoms with Gasteiger partial charge in [-0.1, -0.05) is 24.1 Å². The van der Waals surface area contributed by atoms with Crippen molar-refractivity contribution in [2.45, 2.75) is 58.2 Å². The van der Waals surface area contributed by atoms with Gasteiger partial charge in [-0.2, -0.15) is 0 Å². The molecule has 0 heterocycles. The topological polar surface area (TPSA) is 59.6 Å². The Kier molecular flexibility index (Phi) is 6.96. The van der Waals surface area contributed by atoms with E-state index in [0.717, 1.165) is 30.6 Å². The molecular formula is C19H29ClN2O3. The van der Waals surface area contributed by atoms with E-state index < -0.39 is 5.60 Å². The Labute approximate surface area is 155 Å². The van der Waals surface area contributed by atoms with E-state index in [4.69, 9.17) is 21.1 Å². The smallest absolute Gasteiger partial charge is 0.407 e. The Morgan fingerprint density at radius 2 is 2.08 bits per heavy atom. The van der Waals surface area contributed by atoms with Crippen LogP contribution in [0.25, 0.3) is 0 Å². The zero-order valence-corrected chi connectivity index (χ0v) is 16.3. The molecule has 0 saturated heterocycles. The van der Waals surface area contributed by atoms with E-state index in [1.807, 2.05) is 39.0 Å². The van der Waals surface area contributed by atoms with Gasteiger partial charge in [0.25, 0.3) is 0 Å². The van der Waals surface area contributed by atoms with Crippen molar-refractivity contribution in [3.63, 3.8) is 0 Å². The molecule has 2 unspecified atom stereocenters. The van der Waals surface area contributed by atoms with Crippen molar-refractivity contribution in [1.82, 2.24) is 10.6 Å². The highest BCUT2D eigenvalue weighted by atomic mass is 35.5. The molecule has 1 aliphatic carbocycles. The summed E-state index contributed by atoms with van der Waals surface area (Å²) in [5.74, 6) is 1.18. The van der Waals surface area contributed by atoms with Gasteiger partial charge in [0.05, 0.1) is 7.11 Å². The zero-order chi connectivity index (χ0) is 18.4. The van der Waals surface area contributed by atoms with E-state index in [-0.39, 0.29) is 6.09 Å². The van der Waals surface area contributed by atoms with Crippen molar-refractivity contribution < 1.29 is 14.3 Å². The third kappa shape index (κ3) is 6.08. The lowest BCUT2D eigenvalue weighted by atomic mass is 10.0. The van der Waals surface area contributed by atoms with Gasteiger partial charge in [0.2, 0.25) is 0 Å². The maximum absolute atomic E-state index is 11.8. The number of halogens is 1. The molecule has 1 aromatic rings. The molecule has 1 saturated carbocycles. The monoisotopic (exact) mass is 368 g/mol. The average molecular weight is 369 g/mol. The van der Waals surface area contributed by atoms with E-state index >= 15 is 0 Å². The van der Waals surface area contributed by atoms with Gasteiger partial charge in [0.15, 0.2) is 0 Å². The first-order valence-corrected chi connectivity index (χ1v) is 9.19. The maximum Gasteiger partial charge on any atom is 0.407 e. The van der Waals surface area contributed by atoms with Gasteiger partial charge in [-0.15, -0.1) is 0 Å². The third-order valence-corrected chi connectivity index (χ3v) is 4.76. The van der Waals surface area contributed by atoms with E-state index in [0.29, 0.717) is 30.1 Å². The van der Waals surface area contributed by atoms with Crippen molar-refractivity contribution >= 4 is 17.7 Å². The summed E-state index contributed by atoms with van der Waals surface area (Å²) in [6.45, 7) is 6.86. The minimum Gasteiger partial charge on any atom is -0.496 e. The van der Waals surface area contributed by atoms with Crippen molar-refractivity contribution in [2.75, 3.05) is 13.7 Å². The van der Waals surface area contributed by atoms with Crippen LogP contribution in [0, 0.1) is 5.92 Å². The first-order chi connectivity index (χ1) is 11.8. The van der Waals surface area contributed by atoms with Crippen molar-refractivity contribution in [2.24, 2.45) is 5.92 Å². The highest BCUT2D eigenvalue weighted by Gasteiger charge is 2.28. The van der Waals surface area contributed by atoms with Crippen LogP contribution in [0.1, 0.15) is 45.6 Å². The molecule has 1 aliphatic rings. The van der Waals surface area contributed by atoms with Crippen LogP contribution < -0.4 is 15.4 Å². The first kappa shape index (κ1) is 19.9. The summed E-state index contributed by atoms with van der Waals surface area (Å²) >= 11 is 6.30. The summed E-state index contributed by atoms with van der Waals surface area (Å²) < 4.78 is 10.7. The molecule has 0 bridgehead atoms. The Balaban J connectivity index is 1.87. The van der Waals surface area contributed by atoms with Gasteiger partial charge >= 0.3 is 6.09 Å². The number of rotatable bonds is 6. The number of nitrogens with one attached hydrogen (secondary N) is 2. The lowest BCUT2D eigenvalue weighted by Crippen LogP contribution is -2.40. The highest BCUT2D eigenvalue weighted by Crippen LogP contribution is 2.29. The van der Waals surface area contributed by atoms with E-state index in [9.17, 15) is 4.79 Å². The fourth-order valence-electron chi connectivity index (χ4n) is 3.21. The fourth-order valence-corrected chi connectivity index (χ4v) is 3.45. The summed E-state index contributed by atoms with van der Waals surface area (Å²) in [6, 6.07) is 6.01. The second-order valence-corrected chi connectivity index (χ2v) is 7.89. The first-order valence-electron chi connectivity index (χ1n) is 8.82. The number of carbonyl (C=O) groups is 1. The molecule has 0 aromatic heterocycles. The maximum atomic E-state index is 11.8. The number of alkyl carbamates (subject to hydrolysis) is 1. The SMILES string of the molecule is COc1cccc(Cl)c1CNC1CCCC1CNC(=O)OC(C)(C)C. The van der Waals surface area contributed by atoms with Crippen molar-refractivity contribution in [3.8, 4) is 5.75 Å². The van der Waals surface area contributed by atoms with E-state index in [2.05, 4.69) is 10.6 Å². The van der Waals surface area contributed by atoms with Crippen LogP contribution in [0.5, 0.6) is 5.75 Å². The molecule has 1 aromatic carbocycles. The number of hydrogen-bond donors (Lipinski definition) is 2. The number of hydrogen-bond acceptors (Lipinski definition) is 4. The molecule has 2 rings (SSSR count). The van der Waals surface area contributed by atoms with E-state index in [1.165, 1.54) is 0 Å². The Bertz CT molecular complexity index is 587. The lowest BCUT2D eigenvalue weighted by molar-refractivity contribution is 0.0517. The average Bonchev–Trinajstić information content (AvgIpc) is 2.97. The molecule has 140 valence electrons. The fraction of sp³-hybridized carbons (Fsp3) is 0.632. The van der Waals surface area contributed by atoms with Crippen LogP contribution in [0.4, 0.5) is 4.79 Å². The molecule has 6 heteroatoms. The van der Waals surface area contributed by atoms with Crippen LogP contribution in [0.3, 0.4) is 0 Å². The molecule has 5 nitrogen and oxygen atoms in total. The predicted molar refractivity (Wildman–Crippen MR) is 100 cm³/mol. The summed E-state index contributed by atoms with van der Waals surface area (Å²) in [4.78, 5) is 11.8. The molecule has 0 spiro atoms. The summed E-state index contributed by atoms with van der Waals surface area (Å²) in [5.41, 5.74) is 0.496. The van der Waals surface area contributed by atoms with Crippen LogP contribution in [-0.4, -0.2) is 31.4 Å². The van der Waals surface area contributed by atoms with Gasteiger partial charge in [0, 0.05) is 29.7 Å². The summed E-state index contributed by atoms with van der Waals surface area (Å²) in [5, 5.41) is 7.17. The van der Waals surface area contributed by atoms with Gasteiger partial charge in [-0.05, 0) is 51.7 Å². The Morgan fingerprint density at radius 1 is 1.32 bits per heavy atom. The summed E-state index contributed by atoms with van der Waals surface area (Å²) in [6.07, 6.45) is 2.98. The van der Waals surface area contributed by atoms with Gasteiger partial charge in [0.1, 0.15) is 11.4 Å². The van der Waals surface area contributed by atoms with Crippen LogP contribution >= 0.6 is 11.6 Å².